The highest BCUT2D eigenvalue weighted by Gasteiger charge is 2.20. The zero-order valence-corrected chi connectivity index (χ0v) is 51.9. The van der Waals surface area contributed by atoms with E-state index in [1.54, 1.807) is 0 Å². The Morgan fingerprint density at radius 3 is 0.905 bits per heavy atom. The average Bonchev–Trinajstić information content (AvgIpc) is 3.18. The molecule has 7 aromatic rings. The van der Waals surface area contributed by atoms with Gasteiger partial charge in [0.1, 0.15) is 23.0 Å². The Morgan fingerprint density at radius 1 is 0.345 bits per heavy atom. The van der Waals surface area contributed by atoms with Crippen LogP contribution in [-0.2, 0) is 0 Å². The molecule has 5 heterocycles. The van der Waals surface area contributed by atoms with Crippen LogP contribution in [0.15, 0.2) is 121 Å². The lowest BCUT2D eigenvalue weighted by atomic mass is 10.0. The summed E-state index contributed by atoms with van der Waals surface area (Å²) < 4.78 is 27.0. The van der Waals surface area contributed by atoms with Gasteiger partial charge in [-0.05, 0) is 146 Å². The molecule has 84 heavy (non-hydrogen) atoms. The first kappa shape index (κ1) is 61.1. The summed E-state index contributed by atoms with van der Waals surface area (Å²) in [6.07, 6.45) is 24.4. The van der Waals surface area contributed by atoms with Gasteiger partial charge in [-0.2, -0.15) is 0 Å². The molecule has 3 aromatic heterocycles. The largest absolute Gasteiger partial charge is 0.494 e. The minimum Gasteiger partial charge on any atom is -0.494 e. The number of ether oxygens (including phenoxy) is 4. The van der Waals surface area contributed by atoms with Crippen LogP contribution in [0.1, 0.15) is 113 Å². The molecular weight excluding hydrogens is 1040 g/mol. The van der Waals surface area contributed by atoms with Gasteiger partial charge in [0, 0.05) is 63.7 Å². The minimum atomic E-state index is 0.644. The Morgan fingerprint density at radius 2 is 0.619 bits per heavy atom. The zero-order valence-electron chi connectivity index (χ0n) is 51.9. The zero-order chi connectivity index (χ0) is 58.9. The van der Waals surface area contributed by atoms with Crippen molar-refractivity contribution in [2.45, 2.75) is 90.4 Å². The normalized spacial score (nSPS) is 12.4. The summed E-state index contributed by atoms with van der Waals surface area (Å²) in [6, 6.07) is 42.7. The van der Waals surface area contributed by atoms with E-state index < -0.39 is 0 Å². The van der Waals surface area contributed by atoms with Crippen molar-refractivity contribution in [3.8, 4) is 67.5 Å². The Labute approximate surface area is 501 Å². The first-order valence-corrected chi connectivity index (χ1v) is 31.0. The lowest BCUT2D eigenvalue weighted by molar-refractivity contribution is -0.870. The SMILES string of the molecule is CCCCCCCCCCCCOc1ccc(-c2c3nc(c(-c4ccc(OCCC[N+](C)(C)C)cc4)c4ccc([nH]4)c(-c4ccc(OCCC[N+](C)(C)C)cc4)c4nc(c(-c5ccc(OCCCN(C)C)cc5)c5ccc2[nH]5)C=C4)C=C3)cc1. The second kappa shape index (κ2) is 29.4. The minimum absolute atomic E-state index is 0.644. The molecule has 11 heteroatoms. The number of hydrogen-bond donors (Lipinski definition) is 2. The van der Waals surface area contributed by atoms with Crippen LogP contribution >= 0.6 is 0 Å². The third kappa shape index (κ3) is 17.3. The van der Waals surface area contributed by atoms with Crippen LogP contribution in [-0.4, -0.2) is 136 Å². The number of nitrogens with one attached hydrogen (secondary N) is 2. The van der Waals surface area contributed by atoms with Crippen molar-refractivity contribution in [2.75, 3.05) is 102 Å². The third-order valence-corrected chi connectivity index (χ3v) is 15.6. The van der Waals surface area contributed by atoms with Gasteiger partial charge in [0.15, 0.2) is 0 Å². The number of aromatic amines is 2. The van der Waals surface area contributed by atoms with E-state index in [2.05, 4.69) is 224 Å². The summed E-state index contributed by atoms with van der Waals surface area (Å²) in [4.78, 5) is 21.2. The van der Waals surface area contributed by atoms with Gasteiger partial charge in [-0.3, -0.25) is 0 Å². The lowest BCUT2D eigenvalue weighted by Crippen LogP contribution is -2.36. The number of unbranched alkanes of at least 4 members (excludes halogenated alkanes) is 9. The molecule has 442 valence electrons. The van der Waals surface area contributed by atoms with Crippen LogP contribution in [0.4, 0.5) is 0 Å². The second-order valence-corrected chi connectivity index (χ2v) is 25.1. The number of nitrogens with zero attached hydrogens (tertiary/aromatic N) is 5. The Balaban J connectivity index is 1.16. The fourth-order valence-corrected chi connectivity index (χ4v) is 11.1. The van der Waals surface area contributed by atoms with Crippen LogP contribution in [0.5, 0.6) is 23.0 Å². The van der Waals surface area contributed by atoms with Gasteiger partial charge < -0.3 is 42.8 Å². The van der Waals surface area contributed by atoms with Gasteiger partial charge in [-0.1, -0.05) is 113 Å². The fourth-order valence-electron chi connectivity index (χ4n) is 11.1. The molecule has 0 unspecified atom stereocenters. The van der Waals surface area contributed by atoms with Crippen molar-refractivity contribution < 1.29 is 27.9 Å². The highest BCUT2D eigenvalue weighted by Crippen LogP contribution is 2.40. The van der Waals surface area contributed by atoms with Crippen molar-refractivity contribution in [3.05, 3.63) is 144 Å². The quantitative estimate of drug-likeness (QED) is 0.0330. The molecule has 0 aliphatic carbocycles. The van der Waals surface area contributed by atoms with Crippen molar-refractivity contribution in [2.24, 2.45) is 0 Å². The van der Waals surface area contributed by atoms with Gasteiger partial charge >= 0.3 is 0 Å². The third-order valence-electron chi connectivity index (χ3n) is 15.6. The van der Waals surface area contributed by atoms with Crippen molar-refractivity contribution >= 4 is 46.4 Å². The average molecular weight is 1130 g/mol. The van der Waals surface area contributed by atoms with E-state index in [0.717, 1.165) is 167 Å². The van der Waals surface area contributed by atoms with Crippen LogP contribution in [0, 0.1) is 0 Å². The summed E-state index contributed by atoms with van der Waals surface area (Å²) in [7, 11) is 17.5. The summed E-state index contributed by atoms with van der Waals surface area (Å²) in [5.74, 6) is 3.40. The Bertz CT molecular complexity index is 3450. The maximum atomic E-state index is 6.37. The van der Waals surface area contributed by atoms with E-state index in [1.807, 2.05) is 0 Å². The molecule has 11 nitrogen and oxygen atoms in total. The van der Waals surface area contributed by atoms with Gasteiger partial charge in [0.25, 0.3) is 0 Å². The molecule has 4 aromatic carbocycles. The Kier molecular flexibility index (Phi) is 21.4. The van der Waals surface area contributed by atoms with Crippen molar-refractivity contribution in [1.82, 2.24) is 24.8 Å². The topological polar surface area (TPSA) is 97.5 Å². The monoisotopic (exact) mass is 1130 g/mol. The highest BCUT2D eigenvalue weighted by atomic mass is 16.5. The number of H-pyrrole nitrogens is 2. The molecule has 0 spiro atoms. The lowest BCUT2D eigenvalue weighted by Gasteiger charge is -2.23. The predicted octanol–water partition coefficient (Wildman–Crippen LogP) is 16.9. The highest BCUT2D eigenvalue weighted by molar-refractivity contribution is 6.00. The van der Waals surface area contributed by atoms with E-state index in [4.69, 9.17) is 28.9 Å². The molecule has 2 aliphatic rings. The molecule has 0 radical (unpaired) electrons. The standard InChI is InChI=1S/C73H93N7O4/c1-10-11-12-13-14-15-16-17-18-19-50-81-58-31-23-54(24-32-58)70-62-39-41-64(74-62)71(55-25-33-59(34-26-55)82-51-20-47-78(2)3)65-42-44-67(76-65)73(57-29-37-61(38-30-57)84-53-22-49-80(7,8)9)69-46-45-68(77-69)72(66-43-40-63(70)75-66)56-27-35-60(36-28-56)83-52-21-48-79(4,5)6/h23-46,74,77H,10-22,47-53H2,1-9H3/q+2. The molecule has 0 saturated carbocycles. The summed E-state index contributed by atoms with van der Waals surface area (Å²) in [5.41, 5.74) is 15.1. The van der Waals surface area contributed by atoms with Gasteiger partial charge in [0.2, 0.25) is 0 Å². The number of aromatic nitrogens is 4. The smallest absolute Gasteiger partial charge is 0.119 e. The predicted molar refractivity (Wildman–Crippen MR) is 353 cm³/mol. The summed E-state index contributed by atoms with van der Waals surface area (Å²) in [6.45, 7) is 7.98. The summed E-state index contributed by atoms with van der Waals surface area (Å²) in [5, 5.41) is 0. The van der Waals surface area contributed by atoms with E-state index in [9.17, 15) is 0 Å². The summed E-state index contributed by atoms with van der Waals surface area (Å²) >= 11 is 0. The van der Waals surface area contributed by atoms with Gasteiger partial charge in [-0.15, -0.1) is 0 Å². The van der Waals surface area contributed by atoms with E-state index in [1.165, 1.54) is 57.8 Å². The Hall–Kier alpha value is -7.44. The molecule has 2 aliphatic heterocycles. The molecule has 0 atom stereocenters. The molecule has 9 rings (SSSR count). The van der Waals surface area contributed by atoms with E-state index >= 15 is 0 Å². The van der Waals surface area contributed by atoms with Crippen molar-refractivity contribution in [1.29, 1.82) is 0 Å². The number of rotatable bonds is 31. The fraction of sp³-hybridized carbons (Fsp3) is 0.397. The molecule has 0 saturated heterocycles. The number of hydrogen-bond acceptors (Lipinski definition) is 7. The van der Waals surface area contributed by atoms with Gasteiger partial charge in [-0.25, -0.2) is 9.97 Å². The first-order valence-electron chi connectivity index (χ1n) is 31.0. The van der Waals surface area contributed by atoms with Crippen LogP contribution in [0.2, 0.25) is 0 Å². The molecule has 0 fully saturated rings. The van der Waals surface area contributed by atoms with E-state index in [0.29, 0.717) is 26.4 Å². The first-order chi connectivity index (χ1) is 40.7. The second-order valence-electron chi connectivity index (χ2n) is 25.1. The number of benzene rings is 4. The molecule has 2 N–H and O–H groups in total. The molecular formula is C73H93N7O4+2. The number of quaternary nitrogens is 2. The maximum Gasteiger partial charge on any atom is 0.119 e. The maximum absolute atomic E-state index is 6.37. The molecule has 0 amide bonds. The van der Waals surface area contributed by atoms with E-state index in [-0.39, 0.29) is 0 Å². The van der Waals surface area contributed by atoms with Crippen LogP contribution < -0.4 is 18.9 Å². The van der Waals surface area contributed by atoms with Gasteiger partial charge in [0.05, 0.1) is 105 Å². The van der Waals surface area contributed by atoms with Crippen molar-refractivity contribution in [3.63, 3.8) is 0 Å². The van der Waals surface area contributed by atoms with Crippen LogP contribution in [0.3, 0.4) is 0 Å². The van der Waals surface area contributed by atoms with Crippen LogP contribution in [0.25, 0.3) is 90.9 Å². The molecule has 8 bridgehead atoms. The number of fused-ring (bicyclic) bond motifs is 8.